The van der Waals surface area contributed by atoms with Gasteiger partial charge in [0.05, 0.1) is 11.8 Å². The van der Waals surface area contributed by atoms with Crippen LogP contribution in [0.1, 0.15) is 5.56 Å². The van der Waals surface area contributed by atoms with Crippen LogP contribution in [0.3, 0.4) is 0 Å². The number of aromatic amines is 1. The van der Waals surface area contributed by atoms with Crippen LogP contribution in [0.5, 0.6) is 5.88 Å². The Balaban J connectivity index is 1.80. The number of benzene rings is 2. The SMILES string of the molecule is Brc1cccc(-c2cn[nH]c2OCc2ccccc2)c1. The van der Waals surface area contributed by atoms with E-state index in [4.69, 9.17) is 4.74 Å². The van der Waals surface area contributed by atoms with Gasteiger partial charge in [0.2, 0.25) is 5.88 Å². The number of ether oxygens (including phenoxy) is 1. The minimum Gasteiger partial charge on any atom is -0.473 e. The van der Waals surface area contributed by atoms with Crippen LogP contribution >= 0.6 is 15.9 Å². The van der Waals surface area contributed by atoms with Crippen LogP contribution in [-0.2, 0) is 6.61 Å². The molecule has 0 atom stereocenters. The van der Waals surface area contributed by atoms with Gasteiger partial charge in [-0.05, 0) is 23.3 Å². The van der Waals surface area contributed by atoms with E-state index < -0.39 is 0 Å². The van der Waals surface area contributed by atoms with E-state index in [2.05, 4.69) is 26.1 Å². The van der Waals surface area contributed by atoms with Crippen LogP contribution in [0.15, 0.2) is 65.3 Å². The fraction of sp³-hybridized carbons (Fsp3) is 0.0625. The molecule has 1 N–H and O–H groups in total. The molecule has 0 aliphatic rings. The summed E-state index contributed by atoms with van der Waals surface area (Å²) in [5.41, 5.74) is 3.15. The fourth-order valence-corrected chi connectivity index (χ4v) is 2.37. The minimum atomic E-state index is 0.518. The summed E-state index contributed by atoms with van der Waals surface area (Å²) in [5, 5.41) is 6.98. The molecule has 0 spiro atoms. The monoisotopic (exact) mass is 328 g/mol. The maximum atomic E-state index is 5.82. The summed E-state index contributed by atoms with van der Waals surface area (Å²) in [6.45, 7) is 0.518. The van der Waals surface area contributed by atoms with Crippen LogP contribution in [0.25, 0.3) is 11.1 Å². The van der Waals surface area contributed by atoms with Gasteiger partial charge < -0.3 is 4.74 Å². The van der Waals surface area contributed by atoms with Crippen LogP contribution in [0.2, 0.25) is 0 Å². The first-order valence-corrected chi connectivity index (χ1v) is 7.08. The normalized spacial score (nSPS) is 10.4. The molecule has 4 heteroatoms. The van der Waals surface area contributed by atoms with E-state index in [9.17, 15) is 0 Å². The fourth-order valence-electron chi connectivity index (χ4n) is 1.98. The molecule has 0 bridgehead atoms. The van der Waals surface area contributed by atoms with Gasteiger partial charge in [-0.3, -0.25) is 0 Å². The standard InChI is InChI=1S/C16H13BrN2O/c17-14-8-4-7-13(9-14)15-10-18-19-16(15)20-11-12-5-2-1-3-6-12/h1-10H,11H2,(H,18,19). The van der Waals surface area contributed by atoms with Crippen molar-refractivity contribution in [2.24, 2.45) is 0 Å². The highest BCUT2D eigenvalue weighted by atomic mass is 79.9. The molecular formula is C16H13BrN2O. The first-order chi connectivity index (χ1) is 9.83. The van der Waals surface area contributed by atoms with Crippen molar-refractivity contribution >= 4 is 15.9 Å². The summed E-state index contributed by atoms with van der Waals surface area (Å²) in [6, 6.07) is 18.1. The van der Waals surface area contributed by atoms with E-state index in [1.165, 1.54) is 0 Å². The molecule has 0 aliphatic heterocycles. The molecule has 0 saturated carbocycles. The van der Waals surface area contributed by atoms with Crippen molar-refractivity contribution in [1.29, 1.82) is 0 Å². The third-order valence-electron chi connectivity index (χ3n) is 2.97. The van der Waals surface area contributed by atoms with E-state index >= 15 is 0 Å². The molecule has 0 fully saturated rings. The third-order valence-corrected chi connectivity index (χ3v) is 3.46. The second kappa shape index (κ2) is 5.92. The Kier molecular flexibility index (Phi) is 3.83. The predicted molar refractivity (Wildman–Crippen MR) is 82.5 cm³/mol. The number of nitrogens with one attached hydrogen (secondary N) is 1. The van der Waals surface area contributed by atoms with E-state index in [0.29, 0.717) is 12.5 Å². The van der Waals surface area contributed by atoms with E-state index in [1.54, 1.807) is 6.20 Å². The highest BCUT2D eigenvalue weighted by Crippen LogP contribution is 2.29. The Morgan fingerprint density at radius 2 is 1.90 bits per heavy atom. The average molecular weight is 329 g/mol. The molecule has 2 aromatic carbocycles. The third kappa shape index (κ3) is 2.91. The van der Waals surface area contributed by atoms with E-state index in [-0.39, 0.29) is 0 Å². The lowest BCUT2D eigenvalue weighted by Gasteiger charge is -2.07. The molecule has 1 aromatic heterocycles. The zero-order valence-corrected chi connectivity index (χ0v) is 12.3. The van der Waals surface area contributed by atoms with Crippen LogP contribution in [0.4, 0.5) is 0 Å². The van der Waals surface area contributed by atoms with Crippen LogP contribution < -0.4 is 4.74 Å². The van der Waals surface area contributed by atoms with Crippen molar-refractivity contribution in [1.82, 2.24) is 10.2 Å². The Labute approximate surface area is 125 Å². The Hall–Kier alpha value is -2.07. The van der Waals surface area contributed by atoms with Crippen molar-refractivity contribution in [3.8, 4) is 17.0 Å². The molecule has 0 unspecified atom stereocenters. The number of hydrogen-bond donors (Lipinski definition) is 1. The summed E-state index contributed by atoms with van der Waals surface area (Å²) in [6.07, 6.45) is 1.78. The lowest BCUT2D eigenvalue weighted by Crippen LogP contribution is -1.96. The second-order valence-corrected chi connectivity index (χ2v) is 5.31. The average Bonchev–Trinajstić information content (AvgIpc) is 2.95. The van der Waals surface area contributed by atoms with Crippen molar-refractivity contribution in [2.45, 2.75) is 6.61 Å². The van der Waals surface area contributed by atoms with Gasteiger partial charge in [-0.15, -0.1) is 0 Å². The molecule has 100 valence electrons. The van der Waals surface area contributed by atoms with Crippen molar-refractivity contribution in [2.75, 3.05) is 0 Å². The number of nitrogens with zero attached hydrogens (tertiary/aromatic N) is 1. The minimum absolute atomic E-state index is 0.518. The summed E-state index contributed by atoms with van der Waals surface area (Å²) < 4.78 is 6.86. The lowest BCUT2D eigenvalue weighted by molar-refractivity contribution is 0.294. The number of H-pyrrole nitrogens is 1. The van der Waals surface area contributed by atoms with E-state index in [1.807, 2.05) is 54.6 Å². The molecule has 0 radical (unpaired) electrons. The van der Waals surface area contributed by atoms with Gasteiger partial charge in [-0.25, -0.2) is 5.10 Å². The van der Waals surface area contributed by atoms with Crippen LogP contribution in [-0.4, -0.2) is 10.2 Å². The van der Waals surface area contributed by atoms with Gasteiger partial charge in [0.1, 0.15) is 6.61 Å². The highest BCUT2D eigenvalue weighted by molar-refractivity contribution is 9.10. The van der Waals surface area contributed by atoms with Gasteiger partial charge in [-0.1, -0.05) is 58.4 Å². The topological polar surface area (TPSA) is 37.9 Å². The maximum absolute atomic E-state index is 5.82. The van der Waals surface area contributed by atoms with E-state index in [0.717, 1.165) is 21.2 Å². The molecule has 3 rings (SSSR count). The molecule has 3 nitrogen and oxygen atoms in total. The van der Waals surface area contributed by atoms with Crippen LogP contribution in [0, 0.1) is 0 Å². The van der Waals surface area contributed by atoms with Gasteiger partial charge in [-0.2, -0.15) is 5.10 Å². The maximum Gasteiger partial charge on any atom is 0.217 e. The Morgan fingerprint density at radius 3 is 2.70 bits per heavy atom. The zero-order valence-electron chi connectivity index (χ0n) is 10.7. The first-order valence-electron chi connectivity index (χ1n) is 6.29. The van der Waals surface area contributed by atoms with Gasteiger partial charge in [0.25, 0.3) is 0 Å². The molecule has 1 heterocycles. The number of rotatable bonds is 4. The molecule has 0 saturated heterocycles. The Bertz CT molecular complexity index is 694. The largest absolute Gasteiger partial charge is 0.473 e. The molecular weight excluding hydrogens is 316 g/mol. The molecule has 20 heavy (non-hydrogen) atoms. The molecule has 3 aromatic rings. The number of hydrogen-bond acceptors (Lipinski definition) is 2. The number of halogens is 1. The zero-order chi connectivity index (χ0) is 13.8. The van der Waals surface area contributed by atoms with Gasteiger partial charge in [0, 0.05) is 4.47 Å². The predicted octanol–water partition coefficient (Wildman–Crippen LogP) is 4.42. The quantitative estimate of drug-likeness (QED) is 0.769. The highest BCUT2D eigenvalue weighted by Gasteiger charge is 2.09. The second-order valence-electron chi connectivity index (χ2n) is 4.40. The summed E-state index contributed by atoms with van der Waals surface area (Å²) >= 11 is 3.48. The summed E-state index contributed by atoms with van der Waals surface area (Å²) in [4.78, 5) is 0. The summed E-state index contributed by atoms with van der Waals surface area (Å²) in [5.74, 6) is 0.687. The van der Waals surface area contributed by atoms with Gasteiger partial charge in [0.15, 0.2) is 0 Å². The smallest absolute Gasteiger partial charge is 0.217 e. The lowest BCUT2D eigenvalue weighted by atomic mass is 10.1. The van der Waals surface area contributed by atoms with Crippen molar-refractivity contribution < 1.29 is 4.74 Å². The Morgan fingerprint density at radius 1 is 1.05 bits per heavy atom. The summed E-state index contributed by atoms with van der Waals surface area (Å²) in [7, 11) is 0. The van der Waals surface area contributed by atoms with Gasteiger partial charge >= 0.3 is 0 Å². The molecule has 0 aliphatic carbocycles. The number of aromatic nitrogens is 2. The van der Waals surface area contributed by atoms with Crippen molar-refractivity contribution in [3.05, 3.63) is 70.8 Å². The van der Waals surface area contributed by atoms with Crippen molar-refractivity contribution in [3.63, 3.8) is 0 Å². The molecule has 0 amide bonds. The first kappa shape index (κ1) is 12.9.